The van der Waals surface area contributed by atoms with E-state index in [1.807, 2.05) is 6.92 Å². The number of hydrogen-bond acceptors (Lipinski definition) is 6. The molecule has 0 aliphatic heterocycles. The molecule has 0 spiro atoms. The molecule has 2 aliphatic carbocycles. The van der Waals surface area contributed by atoms with Gasteiger partial charge < -0.3 is 20.1 Å². The minimum Gasteiger partial charge on any atom is -0.504 e. The van der Waals surface area contributed by atoms with E-state index in [1.54, 1.807) is 13.8 Å². The van der Waals surface area contributed by atoms with Crippen LogP contribution >= 0.6 is 0 Å². The number of rotatable bonds is 9. The van der Waals surface area contributed by atoms with Crippen molar-refractivity contribution in [3.63, 3.8) is 0 Å². The lowest BCUT2D eigenvalue weighted by molar-refractivity contribution is -0.161. The van der Waals surface area contributed by atoms with Crippen LogP contribution in [0, 0.1) is 29.1 Å². The van der Waals surface area contributed by atoms with Gasteiger partial charge in [0.1, 0.15) is 12.1 Å². The molecule has 1 saturated carbocycles. The van der Waals surface area contributed by atoms with E-state index >= 15 is 0 Å². The van der Waals surface area contributed by atoms with Gasteiger partial charge in [0.05, 0.1) is 30.0 Å². The Bertz CT molecular complexity index is 668. The van der Waals surface area contributed by atoms with Crippen LogP contribution < -0.4 is 0 Å². The Morgan fingerprint density at radius 2 is 1.93 bits per heavy atom. The largest absolute Gasteiger partial charge is 0.504 e. The summed E-state index contributed by atoms with van der Waals surface area (Å²) >= 11 is 0. The average Bonchev–Trinajstić information content (AvgIpc) is 2.66. The first-order valence-electron chi connectivity index (χ1n) is 10.9. The minimum atomic E-state index is -1.37. The molecule has 29 heavy (non-hydrogen) atoms. The smallest absolute Gasteiger partial charge is 0.203 e. The van der Waals surface area contributed by atoms with E-state index in [-0.39, 0.29) is 24.7 Å². The van der Waals surface area contributed by atoms with Crippen LogP contribution in [-0.2, 0) is 14.4 Å². The number of aliphatic hydroxyl groups is 3. The molecule has 0 heterocycles. The highest BCUT2D eigenvalue weighted by atomic mass is 16.3. The summed E-state index contributed by atoms with van der Waals surface area (Å²) < 4.78 is 0. The first-order chi connectivity index (χ1) is 13.6. The van der Waals surface area contributed by atoms with Gasteiger partial charge >= 0.3 is 0 Å². The second-order valence-corrected chi connectivity index (χ2v) is 9.20. The number of Topliss-reactive ketones (excluding diaryl/α,β-unsaturated/α-hetero) is 2. The zero-order valence-corrected chi connectivity index (χ0v) is 18.1. The second-order valence-electron chi connectivity index (χ2n) is 9.20. The molecule has 6 nitrogen and oxygen atoms in total. The Balaban J connectivity index is 2.55. The minimum absolute atomic E-state index is 0.249. The normalized spacial score (nSPS) is 35.9. The summed E-state index contributed by atoms with van der Waals surface area (Å²) in [5, 5.41) is 32.5. The van der Waals surface area contributed by atoms with E-state index in [0.29, 0.717) is 18.3 Å². The summed E-state index contributed by atoms with van der Waals surface area (Å²) in [5.74, 6) is -3.96. The molecule has 0 saturated heterocycles. The zero-order chi connectivity index (χ0) is 21.9. The van der Waals surface area contributed by atoms with Gasteiger partial charge in [-0.3, -0.25) is 9.59 Å². The van der Waals surface area contributed by atoms with Gasteiger partial charge in [0.15, 0.2) is 5.76 Å². The van der Waals surface area contributed by atoms with Crippen LogP contribution in [0.2, 0.25) is 0 Å². The summed E-state index contributed by atoms with van der Waals surface area (Å²) in [4.78, 5) is 37.4. The molecule has 7 atom stereocenters. The molecule has 3 N–H and O–H groups in total. The van der Waals surface area contributed by atoms with Gasteiger partial charge in [-0.15, -0.1) is 0 Å². The van der Waals surface area contributed by atoms with Gasteiger partial charge in [-0.1, -0.05) is 46.5 Å². The van der Waals surface area contributed by atoms with Crippen molar-refractivity contribution in [2.45, 2.75) is 84.8 Å². The summed E-state index contributed by atoms with van der Waals surface area (Å²) in [6.07, 6.45) is 3.19. The predicted molar refractivity (Wildman–Crippen MR) is 109 cm³/mol. The third-order valence-electron chi connectivity index (χ3n) is 7.21. The van der Waals surface area contributed by atoms with E-state index in [0.717, 1.165) is 25.7 Å². The quantitative estimate of drug-likeness (QED) is 0.307. The summed E-state index contributed by atoms with van der Waals surface area (Å²) in [6, 6.07) is 0. The molecule has 164 valence electrons. The monoisotopic (exact) mass is 408 g/mol. The molecule has 0 aromatic rings. The molecule has 0 bridgehead atoms. The molecule has 6 heteroatoms. The fourth-order valence-electron chi connectivity index (χ4n) is 5.64. The van der Waals surface area contributed by atoms with Crippen molar-refractivity contribution < 1.29 is 29.7 Å². The number of hydrogen-bond donors (Lipinski definition) is 3. The number of aldehydes is 1. The Hall–Kier alpha value is -1.53. The highest BCUT2D eigenvalue weighted by molar-refractivity contribution is 6.04. The third kappa shape index (κ3) is 4.19. The van der Waals surface area contributed by atoms with Crippen LogP contribution in [0.15, 0.2) is 11.3 Å². The van der Waals surface area contributed by atoms with Gasteiger partial charge in [0, 0.05) is 5.92 Å². The molecule has 0 aromatic carbocycles. The van der Waals surface area contributed by atoms with E-state index in [2.05, 4.69) is 6.92 Å². The molecular weight excluding hydrogens is 372 g/mol. The lowest BCUT2D eigenvalue weighted by Gasteiger charge is -2.53. The van der Waals surface area contributed by atoms with E-state index in [1.165, 1.54) is 0 Å². The van der Waals surface area contributed by atoms with Crippen molar-refractivity contribution in [2.75, 3.05) is 0 Å². The fourth-order valence-corrected chi connectivity index (χ4v) is 5.64. The SMILES string of the molecule is CCCCCC[C@@H](C)C1=C(O)C(=O)[C@H]2[C@@H](O)[C@@H](C)C[C@@H](O)[C@@H]2[C@@]1(C)C(=O)CC=O. The molecular formula is C23H36O6. The second kappa shape index (κ2) is 9.52. The van der Waals surface area contributed by atoms with Gasteiger partial charge in [-0.05, 0) is 37.2 Å². The molecule has 2 aliphatic rings. The van der Waals surface area contributed by atoms with Crippen molar-refractivity contribution in [3.05, 3.63) is 11.3 Å². The van der Waals surface area contributed by atoms with Gasteiger partial charge in [-0.2, -0.15) is 0 Å². The van der Waals surface area contributed by atoms with Crippen LogP contribution in [-0.4, -0.2) is 45.4 Å². The molecule has 0 radical (unpaired) electrons. The van der Waals surface area contributed by atoms with Gasteiger partial charge in [0.2, 0.25) is 5.78 Å². The van der Waals surface area contributed by atoms with Crippen LogP contribution in [0.4, 0.5) is 0 Å². The maximum atomic E-state index is 13.2. The van der Waals surface area contributed by atoms with Gasteiger partial charge in [0.25, 0.3) is 0 Å². The number of fused-ring (bicyclic) bond motifs is 1. The topological polar surface area (TPSA) is 112 Å². The number of aliphatic hydroxyl groups excluding tert-OH is 3. The maximum Gasteiger partial charge on any atom is 0.203 e. The van der Waals surface area contributed by atoms with Crippen LogP contribution in [0.1, 0.15) is 72.6 Å². The molecule has 1 fully saturated rings. The number of ketones is 2. The van der Waals surface area contributed by atoms with Crippen LogP contribution in [0.25, 0.3) is 0 Å². The number of carbonyl (C=O) groups excluding carboxylic acids is 3. The maximum absolute atomic E-state index is 13.2. The lowest BCUT2D eigenvalue weighted by Crippen LogP contribution is -2.61. The van der Waals surface area contributed by atoms with Crippen molar-refractivity contribution in [2.24, 2.45) is 29.1 Å². The number of carbonyl (C=O) groups is 3. The van der Waals surface area contributed by atoms with Crippen molar-refractivity contribution in [3.8, 4) is 0 Å². The Labute approximate surface area is 173 Å². The fraction of sp³-hybridized carbons (Fsp3) is 0.783. The average molecular weight is 409 g/mol. The molecule has 2 rings (SSSR count). The van der Waals surface area contributed by atoms with Crippen molar-refractivity contribution in [1.82, 2.24) is 0 Å². The number of unbranched alkanes of at least 4 members (excludes halogenated alkanes) is 3. The summed E-state index contributed by atoms with van der Waals surface area (Å²) in [5.41, 5.74) is -1.04. The standard InChI is InChI=1S/C23H36O6/c1-5-6-7-8-9-13(2)18-22(29)21(28)17-19(15(25)12-14(3)20(17)27)23(18,4)16(26)10-11-24/h11,13-15,17,19-20,25,27,29H,5-10,12H2,1-4H3/t13-,14+,15-,17-,19+,20+,23+/m1/s1. The third-order valence-corrected chi connectivity index (χ3v) is 7.21. The number of allylic oxidation sites excluding steroid dienone is 2. The Morgan fingerprint density at radius 1 is 1.28 bits per heavy atom. The van der Waals surface area contributed by atoms with E-state index in [9.17, 15) is 29.7 Å². The van der Waals surface area contributed by atoms with Crippen LogP contribution in [0.5, 0.6) is 0 Å². The molecule has 0 unspecified atom stereocenters. The van der Waals surface area contributed by atoms with E-state index < -0.39 is 46.8 Å². The van der Waals surface area contributed by atoms with Gasteiger partial charge in [-0.25, -0.2) is 0 Å². The van der Waals surface area contributed by atoms with Crippen LogP contribution in [0.3, 0.4) is 0 Å². The Morgan fingerprint density at radius 3 is 2.52 bits per heavy atom. The first kappa shape index (κ1) is 23.7. The van der Waals surface area contributed by atoms with Crippen molar-refractivity contribution >= 4 is 17.9 Å². The molecule has 0 amide bonds. The summed E-state index contributed by atoms with van der Waals surface area (Å²) in [7, 11) is 0. The molecule has 0 aromatic heterocycles. The predicted octanol–water partition coefficient (Wildman–Crippen LogP) is 3.15. The summed E-state index contributed by atoms with van der Waals surface area (Å²) in [6.45, 7) is 7.37. The Kier molecular flexibility index (Phi) is 7.80. The first-order valence-corrected chi connectivity index (χ1v) is 10.9. The highest BCUT2D eigenvalue weighted by Crippen LogP contribution is 2.55. The highest BCUT2D eigenvalue weighted by Gasteiger charge is 2.61. The van der Waals surface area contributed by atoms with E-state index in [4.69, 9.17) is 0 Å². The lowest BCUT2D eigenvalue weighted by atomic mass is 9.50. The van der Waals surface area contributed by atoms with Crippen molar-refractivity contribution in [1.29, 1.82) is 0 Å². The zero-order valence-electron chi connectivity index (χ0n) is 18.1.